The van der Waals surface area contributed by atoms with Crippen molar-refractivity contribution in [1.82, 2.24) is 24.6 Å². The first-order valence-electron chi connectivity index (χ1n) is 9.65. The van der Waals surface area contributed by atoms with Gasteiger partial charge in [0.25, 0.3) is 0 Å². The highest BCUT2D eigenvalue weighted by Crippen LogP contribution is 2.29. The number of anilines is 1. The van der Waals surface area contributed by atoms with E-state index in [1.165, 1.54) is 11.8 Å². The van der Waals surface area contributed by atoms with E-state index in [1.807, 2.05) is 23.1 Å². The van der Waals surface area contributed by atoms with Crippen LogP contribution in [-0.4, -0.2) is 76.3 Å². The van der Waals surface area contributed by atoms with Gasteiger partial charge in [0.15, 0.2) is 0 Å². The molecule has 2 aromatic rings. The molecule has 29 heavy (non-hydrogen) atoms. The second kappa shape index (κ2) is 9.62. The predicted molar refractivity (Wildman–Crippen MR) is 108 cm³/mol. The number of pyridine rings is 1. The van der Waals surface area contributed by atoms with E-state index in [-0.39, 0.29) is 30.5 Å². The van der Waals surface area contributed by atoms with Gasteiger partial charge in [0.1, 0.15) is 6.61 Å². The first-order chi connectivity index (χ1) is 13.9. The molecule has 2 aromatic heterocycles. The maximum absolute atomic E-state index is 11.8. The van der Waals surface area contributed by atoms with Crippen molar-refractivity contribution >= 4 is 17.5 Å². The monoisotopic (exact) mass is 400 g/mol. The van der Waals surface area contributed by atoms with Crippen molar-refractivity contribution in [2.45, 2.75) is 32.0 Å². The van der Waals surface area contributed by atoms with Crippen LogP contribution >= 0.6 is 0 Å². The molecular weight excluding hydrogens is 372 g/mol. The van der Waals surface area contributed by atoms with Gasteiger partial charge in [-0.15, -0.1) is 0 Å². The molecule has 0 bridgehead atoms. The fourth-order valence-electron chi connectivity index (χ4n) is 3.46. The van der Waals surface area contributed by atoms with E-state index in [0.29, 0.717) is 12.3 Å². The molecule has 3 heterocycles. The highest BCUT2D eigenvalue weighted by atomic mass is 16.5. The second-order valence-corrected chi connectivity index (χ2v) is 7.53. The van der Waals surface area contributed by atoms with Crippen LogP contribution in [0, 0.1) is 0 Å². The summed E-state index contributed by atoms with van der Waals surface area (Å²) in [6, 6.07) is 4.30. The summed E-state index contributed by atoms with van der Waals surface area (Å²) in [4.78, 5) is 31.1. The number of carbonyl (C=O) groups excluding carboxylic acids is 2. The molecule has 9 heteroatoms. The van der Waals surface area contributed by atoms with E-state index in [0.717, 1.165) is 25.1 Å². The summed E-state index contributed by atoms with van der Waals surface area (Å²) in [7, 11) is 3.44. The lowest BCUT2D eigenvalue weighted by Gasteiger charge is -2.24. The number of aromatic nitrogens is 3. The molecule has 156 valence electrons. The average Bonchev–Trinajstić information content (AvgIpc) is 3.29. The van der Waals surface area contributed by atoms with Crippen molar-refractivity contribution in [2.24, 2.45) is 0 Å². The molecule has 0 aromatic carbocycles. The van der Waals surface area contributed by atoms with Crippen LogP contribution in [0.2, 0.25) is 0 Å². The molecule has 2 amide bonds. The summed E-state index contributed by atoms with van der Waals surface area (Å²) in [5.74, 6) is -0.170. The Hall–Kier alpha value is -2.78. The Labute approximate surface area is 170 Å². The summed E-state index contributed by atoms with van der Waals surface area (Å²) in [5.41, 5.74) is 1.81. The lowest BCUT2D eigenvalue weighted by atomic mass is 10.2. The number of hydrogen-bond donors (Lipinski definition) is 1. The molecule has 0 saturated carbocycles. The Kier molecular flexibility index (Phi) is 6.95. The smallest absolute Gasteiger partial charge is 0.248 e. The van der Waals surface area contributed by atoms with Gasteiger partial charge < -0.3 is 15.0 Å². The van der Waals surface area contributed by atoms with E-state index >= 15 is 0 Å². The molecule has 1 fully saturated rings. The van der Waals surface area contributed by atoms with Gasteiger partial charge in [-0.05, 0) is 18.1 Å². The van der Waals surface area contributed by atoms with E-state index in [1.54, 1.807) is 26.5 Å². The molecule has 1 N–H and O–H groups in total. The Morgan fingerprint density at radius 2 is 2.17 bits per heavy atom. The highest BCUT2D eigenvalue weighted by Gasteiger charge is 2.34. The van der Waals surface area contributed by atoms with Crippen LogP contribution in [0.15, 0.2) is 36.9 Å². The van der Waals surface area contributed by atoms with Crippen molar-refractivity contribution in [3.05, 3.63) is 42.5 Å². The van der Waals surface area contributed by atoms with Crippen LogP contribution in [-0.2, 0) is 20.9 Å². The molecule has 1 aliphatic rings. The summed E-state index contributed by atoms with van der Waals surface area (Å²) < 4.78 is 7.61. The highest BCUT2D eigenvalue weighted by molar-refractivity contribution is 5.88. The number of ether oxygens (including phenoxy) is 1. The van der Waals surface area contributed by atoms with Crippen molar-refractivity contribution in [3.63, 3.8) is 0 Å². The molecule has 0 radical (unpaired) electrons. The molecule has 2 atom stereocenters. The number of hydrogen-bond acceptors (Lipinski definition) is 6. The van der Waals surface area contributed by atoms with Crippen LogP contribution in [0.4, 0.5) is 5.69 Å². The zero-order chi connectivity index (χ0) is 20.8. The lowest BCUT2D eigenvalue weighted by Crippen LogP contribution is -2.34. The zero-order valence-electron chi connectivity index (χ0n) is 17.1. The summed E-state index contributed by atoms with van der Waals surface area (Å²) in [6.45, 7) is 3.57. The van der Waals surface area contributed by atoms with Crippen molar-refractivity contribution in [3.8, 4) is 0 Å². The molecule has 1 aliphatic heterocycles. The van der Waals surface area contributed by atoms with Gasteiger partial charge >= 0.3 is 0 Å². The van der Waals surface area contributed by atoms with E-state index in [9.17, 15) is 9.59 Å². The maximum Gasteiger partial charge on any atom is 0.248 e. The van der Waals surface area contributed by atoms with Crippen LogP contribution in [0.25, 0.3) is 0 Å². The lowest BCUT2D eigenvalue weighted by molar-refractivity contribution is -0.134. The molecular formula is C20H28N6O3. The SMILES string of the molecule is CC(=O)Nc1cnn([C@H]2C[C@@H](COCC(=O)N(C)C)N(Cc3cccnc3)C2)c1. The Balaban J connectivity index is 1.66. The van der Waals surface area contributed by atoms with Crippen molar-refractivity contribution in [1.29, 1.82) is 0 Å². The molecule has 3 rings (SSSR count). The third-order valence-corrected chi connectivity index (χ3v) is 4.94. The number of amides is 2. The van der Waals surface area contributed by atoms with Crippen LogP contribution in [0.3, 0.4) is 0 Å². The summed E-state index contributed by atoms with van der Waals surface area (Å²) >= 11 is 0. The Morgan fingerprint density at radius 1 is 1.34 bits per heavy atom. The zero-order valence-corrected chi connectivity index (χ0v) is 17.1. The molecule has 0 spiro atoms. The van der Waals surface area contributed by atoms with Gasteiger partial charge in [-0.2, -0.15) is 5.10 Å². The van der Waals surface area contributed by atoms with E-state index in [2.05, 4.69) is 26.4 Å². The number of likely N-dealkylation sites (tertiary alicyclic amines) is 1. The van der Waals surface area contributed by atoms with Gasteiger partial charge in [0, 0.05) is 58.7 Å². The normalized spacial score (nSPS) is 19.3. The third-order valence-electron chi connectivity index (χ3n) is 4.94. The number of rotatable bonds is 8. The van der Waals surface area contributed by atoms with E-state index in [4.69, 9.17) is 4.74 Å². The quantitative estimate of drug-likeness (QED) is 0.715. The standard InChI is InChI=1S/C20H28N6O3/c1-15(27)23-17-9-22-26(11-17)18-7-19(13-29-14-20(28)24(2)3)25(12-18)10-16-5-4-6-21-8-16/h4-6,8-9,11,18-19H,7,10,12-14H2,1-3H3,(H,23,27)/t18-,19-/m0/s1. The minimum atomic E-state index is -0.119. The summed E-state index contributed by atoms with van der Waals surface area (Å²) in [5, 5.41) is 7.18. The molecule has 0 unspecified atom stereocenters. The molecule has 1 saturated heterocycles. The number of nitrogens with one attached hydrogen (secondary N) is 1. The fourth-order valence-corrected chi connectivity index (χ4v) is 3.46. The fraction of sp³-hybridized carbons (Fsp3) is 0.500. The maximum atomic E-state index is 11.8. The van der Waals surface area contributed by atoms with Gasteiger partial charge in [-0.25, -0.2) is 0 Å². The minimum Gasteiger partial charge on any atom is -0.370 e. The van der Waals surface area contributed by atoms with Crippen LogP contribution in [0.1, 0.15) is 24.9 Å². The first-order valence-corrected chi connectivity index (χ1v) is 9.65. The average molecular weight is 400 g/mol. The van der Waals surface area contributed by atoms with Gasteiger partial charge in [-0.1, -0.05) is 6.07 Å². The van der Waals surface area contributed by atoms with Gasteiger partial charge in [-0.3, -0.25) is 24.2 Å². The number of likely N-dealkylation sites (N-methyl/N-ethyl adjacent to an activating group) is 1. The van der Waals surface area contributed by atoms with Crippen molar-refractivity contribution < 1.29 is 14.3 Å². The Bertz CT molecular complexity index is 823. The minimum absolute atomic E-state index is 0.0506. The topological polar surface area (TPSA) is 92.6 Å². The number of nitrogens with zero attached hydrogens (tertiary/aromatic N) is 5. The number of carbonyl (C=O) groups is 2. The van der Waals surface area contributed by atoms with Gasteiger partial charge in [0.05, 0.1) is 24.5 Å². The van der Waals surface area contributed by atoms with Gasteiger partial charge in [0.2, 0.25) is 11.8 Å². The molecule has 9 nitrogen and oxygen atoms in total. The van der Waals surface area contributed by atoms with Crippen LogP contribution < -0.4 is 5.32 Å². The van der Waals surface area contributed by atoms with Crippen LogP contribution in [0.5, 0.6) is 0 Å². The largest absolute Gasteiger partial charge is 0.370 e. The first kappa shape index (κ1) is 20.9. The van der Waals surface area contributed by atoms with Crippen molar-refractivity contribution in [2.75, 3.05) is 39.2 Å². The van der Waals surface area contributed by atoms with E-state index < -0.39 is 0 Å². The second-order valence-electron chi connectivity index (χ2n) is 7.53. The predicted octanol–water partition coefficient (Wildman–Crippen LogP) is 1.16. The molecule has 0 aliphatic carbocycles. The third kappa shape index (κ3) is 5.85. The Morgan fingerprint density at radius 3 is 2.86 bits per heavy atom. The summed E-state index contributed by atoms with van der Waals surface area (Å²) in [6.07, 6.45) is 7.98.